The first-order chi connectivity index (χ1) is 11.1. The summed E-state index contributed by atoms with van der Waals surface area (Å²) in [6.07, 6.45) is 3.75. The fraction of sp³-hybridized carbons (Fsp3) is 0.222. The zero-order valence-corrected chi connectivity index (χ0v) is 13.2. The van der Waals surface area contributed by atoms with Crippen LogP contribution in [0.5, 0.6) is 11.5 Å². The topological polar surface area (TPSA) is 84.9 Å². The third kappa shape index (κ3) is 3.83. The average Bonchev–Trinajstić information content (AvgIpc) is 2.59. The van der Waals surface area contributed by atoms with Crippen molar-refractivity contribution in [3.8, 4) is 11.5 Å². The van der Waals surface area contributed by atoms with Crippen molar-refractivity contribution in [1.29, 1.82) is 0 Å². The van der Waals surface area contributed by atoms with Crippen LogP contribution in [0.25, 0.3) is 12.2 Å². The summed E-state index contributed by atoms with van der Waals surface area (Å²) in [5, 5.41) is 18.9. The van der Waals surface area contributed by atoms with Gasteiger partial charge in [-0.2, -0.15) is 0 Å². The predicted molar refractivity (Wildman–Crippen MR) is 91.2 cm³/mol. The van der Waals surface area contributed by atoms with Crippen molar-refractivity contribution in [3.63, 3.8) is 0 Å². The van der Waals surface area contributed by atoms with Gasteiger partial charge in [0.05, 0.1) is 27.4 Å². The molecule has 4 N–H and O–H groups in total. The van der Waals surface area contributed by atoms with E-state index in [1.54, 1.807) is 19.2 Å². The fourth-order valence-corrected chi connectivity index (χ4v) is 2.34. The van der Waals surface area contributed by atoms with E-state index in [1.807, 2.05) is 30.4 Å². The zero-order chi connectivity index (χ0) is 16.8. The molecule has 5 nitrogen and oxygen atoms in total. The molecule has 0 saturated heterocycles. The summed E-state index contributed by atoms with van der Waals surface area (Å²) in [6, 6.07) is 9.08. The molecule has 0 unspecified atom stereocenters. The molecule has 0 spiro atoms. The molecule has 2 aromatic rings. The van der Waals surface area contributed by atoms with Crippen LogP contribution < -0.4 is 15.2 Å². The normalized spacial score (nSPS) is 11.0. The Balaban J connectivity index is 2.36. The Morgan fingerprint density at radius 2 is 1.78 bits per heavy atom. The largest absolute Gasteiger partial charge is 0.497 e. The van der Waals surface area contributed by atoms with E-state index < -0.39 is 0 Å². The van der Waals surface area contributed by atoms with Gasteiger partial charge in [-0.25, -0.2) is 0 Å². The smallest absolute Gasteiger partial charge is 0.125 e. The van der Waals surface area contributed by atoms with Gasteiger partial charge in [-0.05, 0) is 41.0 Å². The monoisotopic (exact) mass is 315 g/mol. The van der Waals surface area contributed by atoms with Crippen LogP contribution in [0, 0.1) is 0 Å². The molecule has 0 aliphatic rings. The molecular weight excluding hydrogens is 294 g/mol. The molecule has 0 aliphatic heterocycles. The maximum Gasteiger partial charge on any atom is 0.125 e. The lowest BCUT2D eigenvalue weighted by atomic mass is 10.0. The first-order valence-electron chi connectivity index (χ1n) is 7.16. The Kier molecular flexibility index (Phi) is 5.62. The van der Waals surface area contributed by atoms with Gasteiger partial charge in [0.25, 0.3) is 0 Å². The summed E-state index contributed by atoms with van der Waals surface area (Å²) in [6.45, 7) is -0.354. The molecule has 0 heterocycles. The lowest BCUT2D eigenvalue weighted by Crippen LogP contribution is -1.99. The van der Waals surface area contributed by atoms with Crippen molar-refractivity contribution in [1.82, 2.24) is 0 Å². The second kappa shape index (κ2) is 7.67. The molecule has 0 saturated carbocycles. The van der Waals surface area contributed by atoms with Crippen molar-refractivity contribution in [2.75, 3.05) is 20.0 Å². The highest BCUT2D eigenvalue weighted by atomic mass is 16.5. The second-order valence-corrected chi connectivity index (χ2v) is 5.01. The summed E-state index contributed by atoms with van der Waals surface area (Å²) in [5.74, 6) is 1.25. The minimum Gasteiger partial charge on any atom is -0.497 e. The zero-order valence-electron chi connectivity index (χ0n) is 13.2. The Bertz CT molecular complexity index is 685. The molecule has 2 rings (SSSR count). The minimum absolute atomic E-state index is 0.168. The highest BCUT2D eigenvalue weighted by Crippen LogP contribution is 2.27. The van der Waals surface area contributed by atoms with E-state index in [4.69, 9.17) is 15.2 Å². The molecule has 2 aromatic carbocycles. The quantitative estimate of drug-likeness (QED) is 0.563. The standard InChI is InChI=1S/C18H21NO4/c1-22-15-6-5-13(17(19)9-15)4-3-12-7-14(10-20)16(11-21)18(8-12)23-2/h3-9,20-21H,10-11,19H2,1-2H3. The molecule has 0 amide bonds. The number of hydrogen-bond acceptors (Lipinski definition) is 5. The van der Waals surface area contributed by atoms with Gasteiger partial charge in [0.1, 0.15) is 11.5 Å². The average molecular weight is 315 g/mol. The number of anilines is 1. The van der Waals surface area contributed by atoms with Crippen LogP contribution in [0.2, 0.25) is 0 Å². The Labute approximate surface area is 135 Å². The van der Waals surface area contributed by atoms with Crippen molar-refractivity contribution >= 4 is 17.8 Å². The number of rotatable bonds is 6. The highest BCUT2D eigenvalue weighted by Gasteiger charge is 2.09. The van der Waals surface area contributed by atoms with Crippen molar-refractivity contribution < 1.29 is 19.7 Å². The van der Waals surface area contributed by atoms with Gasteiger partial charge in [0.2, 0.25) is 0 Å². The number of aliphatic hydroxyl groups excluding tert-OH is 2. The van der Waals surface area contributed by atoms with Crippen LogP contribution >= 0.6 is 0 Å². The molecule has 0 radical (unpaired) electrons. The lowest BCUT2D eigenvalue weighted by molar-refractivity contribution is 0.254. The summed E-state index contributed by atoms with van der Waals surface area (Å²) in [5.41, 5.74) is 9.54. The van der Waals surface area contributed by atoms with Gasteiger partial charge in [-0.15, -0.1) is 0 Å². The lowest BCUT2D eigenvalue weighted by Gasteiger charge is -2.12. The molecule has 0 fully saturated rings. The third-order valence-electron chi connectivity index (χ3n) is 3.62. The van der Waals surface area contributed by atoms with Gasteiger partial charge < -0.3 is 25.4 Å². The van der Waals surface area contributed by atoms with Gasteiger partial charge in [0, 0.05) is 17.3 Å². The number of hydrogen-bond donors (Lipinski definition) is 3. The molecule has 0 aliphatic carbocycles. The van der Waals surface area contributed by atoms with E-state index in [0.717, 1.165) is 11.1 Å². The molecule has 0 aromatic heterocycles. The van der Waals surface area contributed by atoms with E-state index in [2.05, 4.69) is 0 Å². The van der Waals surface area contributed by atoms with Crippen LogP contribution in [-0.4, -0.2) is 24.4 Å². The number of ether oxygens (including phenoxy) is 2. The molecule has 0 atom stereocenters. The fourth-order valence-electron chi connectivity index (χ4n) is 2.34. The van der Waals surface area contributed by atoms with E-state index in [-0.39, 0.29) is 13.2 Å². The van der Waals surface area contributed by atoms with Gasteiger partial charge in [0.15, 0.2) is 0 Å². The van der Waals surface area contributed by atoms with Crippen molar-refractivity contribution in [2.24, 2.45) is 0 Å². The molecule has 0 bridgehead atoms. The van der Waals surface area contributed by atoms with E-state index in [0.29, 0.717) is 28.3 Å². The third-order valence-corrected chi connectivity index (χ3v) is 3.62. The number of nitrogen functional groups attached to an aromatic ring is 1. The van der Waals surface area contributed by atoms with Crippen LogP contribution in [0.3, 0.4) is 0 Å². The maximum atomic E-state index is 9.46. The molecular formula is C18H21NO4. The van der Waals surface area contributed by atoms with Gasteiger partial charge in [-0.3, -0.25) is 0 Å². The van der Waals surface area contributed by atoms with Gasteiger partial charge >= 0.3 is 0 Å². The number of aliphatic hydroxyl groups is 2. The number of methoxy groups -OCH3 is 2. The first-order valence-corrected chi connectivity index (χ1v) is 7.16. The highest BCUT2D eigenvalue weighted by molar-refractivity contribution is 5.77. The van der Waals surface area contributed by atoms with Crippen molar-refractivity contribution in [2.45, 2.75) is 13.2 Å². The summed E-state index contributed by atoms with van der Waals surface area (Å²) in [7, 11) is 3.13. The second-order valence-electron chi connectivity index (χ2n) is 5.01. The van der Waals surface area contributed by atoms with Gasteiger partial charge in [-0.1, -0.05) is 12.2 Å². The van der Waals surface area contributed by atoms with Crippen LogP contribution in [-0.2, 0) is 13.2 Å². The summed E-state index contributed by atoms with van der Waals surface area (Å²) in [4.78, 5) is 0. The van der Waals surface area contributed by atoms with E-state index >= 15 is 0 Å². The Morgan fingerprint density at radius 1 is 1.00 bits per heavy atom. The first kappa shape index (κ1) is 16.9. The summed E-state index contributed by atoms with van der Waals surface area (Å²) >= 11 is 0. The number of benzene rings is 2. The maximum absolute atomic E-state index is 9.46. The molecule has 5 heteroatoms. The molecule has 122 valence electrons. The summed E-state index contributed by atoms with van der Waals surface area (Å²) < 4.78 is 10.4. The Morgan fingerprint density at radius 3 is 2.35 bits per heavy atom. The minimum atomic E-state index is -0.186. The van der Waals surface area contributed by atoms with Crippen LogP contribution in [0.4, 0.5) is 5.69 Å². The Hall–Kier alpha value is -2.50. The SMILES string of the molecule is COc1ccc(C=Cc2cc(CO)c(CO)c(OC)c2)c(N)c1. The molecule has 23 heavy (non-hydrogen) atoms. The van der Waals surface area contributed by atoms with Crippen molar-refractivity contribution in [3.05, 3.63) is 52.6 Å². The van der Waals surface area contributed by atoms with Crippen LogP contribution in [0.15, 0.2) is 30.3 Å². The predicted octanol–water partition coefficient (Wildman–Crippen LogP) is 2.44. The van der Waals surface area contributed by atoms with E-state index in [1.165, 1.54) is 7.11 Å². The van der Waals surface area contributed by atoms with E-state index in [9.17, 15) is 10.2 Å². The van der Waals surface area contributed by atoms with Crippen LogP contribution in [0.1, 0.15) is 22.3 Å². The number of nitrogens with two attached hydrogens (primary N) is 1.